The molecule has 4 heteroatoms. The van der Waals surface area contributed by atoms with E-state index in [0.29, 0.717) is 12.5 Å². The van der Waals surface area contributed by atoms with E-state index in [-0.39, 0.29) is 11.9 Å². The summed E-state index contributed by atoms with van der Waals surface area (Å²) < 4.78 is 1.12. The van der Waals surface area contributed by atoms with Crippen LogP contribution in [0.15, 0.2) is 22.7 Å². The zero-order valence-corrected chi connectivity index (χ0v) is 13.8. The van der Waals surface area contributed by atoms with Crippen LogP contribution in [0.2, 0.25) is 0 Å². The predicted octanol–water partition coefficient (Wildman–Crippen LogP) is 2.95. The van der Waals surface area contributed by atoms with Crippen LogP contribution in [-0.2, 0) is 11.2 Å². The molecular weight excluding hydrogens is 316 g/mol. The lowest BCUT2D eigenvalue weighted by molar-refractivity contribution is -0.122. The summed E-state index contributed by atoms with van der Waals surface area (Å²) in [7, 11) is 0. The van der Waals surface area contributed by atoms with E-state index in [1.54, 1.807) is 0 Å². The van der Waals surface area contributed by atoms with E-state index >= 15 is 0 Å². The SMILES string of the molecule is Cc1cc(CCC(=O)NC2CCCNC2C)ccc1Br. The van der Waals surface area contributed by atoms with Gasteiger partial charge >= 0.3 is 0 Å². The molecule has 110 valence electrons. The molecule has 2 rings (SSSR count). The number of benzene rings is 1. The molecule has 0 aliphatic carbocycles. The van der Waals surface area contributed by atoms with Crippen LogP contribution >= 0.6 is 15.9 Å². The van der Waals surface area contributed by atoms with Crippen molar-refractivity contribution in [3.63, 3.8) is 0 Å². The van der Waals surface area contributed by atoms with Crippen LogP contribution in [0.5, 0.6) is 0 Å². The third-order valence-corrected chi connectivity index (χ3v) is 4.86. The second kappa shape index (κ2) is 7.23. The number of aryl methyl sites for hydroxylation is 2. The number of rotatable bonds is 4. The number of halogens is 1. The number of hydrogen-bond acceptors (Lipinski definition) is 2. The van der Waals surface area contributed by atoms with Gasteiger partial charge < -0.3 is 10.6 Å². The average molecular weight is 339 g/mol. The molecule has 0 bridgehead atoms. The number of hydrogen-bond donors (Lipinski definition) is 2. The van der Waals surface area contributed by atoms with Crippen molar-refractivity contribution in [2.75, 3.05) is 6.54 Å². The molecular formula is C16H23BrN2O. The van der Waals surface area contributed by atoms with Crippen LogP contribution in [0.3, 0.4) is 0 Å². The van der Waals surface area contributed by atoms with Crippen molar-refractivity contribution < 1.29 is 4.79 Å². The summed E-state index contributed by atoms with van der Waals surface area (Å²) in [6.07, 6.45) is 3.58. The summed E-state index contributed by atoms with van der Waals surface area (Å²) in [6, 6.07) is 6.93. The Bertz CT molecular complexity index is 476. The molecule has 3 nitrogen and oxygen atoms in total. The normalized spacial score (nSPS) is 22.6. The van der Waals surface area contributed by atoms with Gasteiger partial charge in [0.15, 0.2) is 0 Å². The summed E-state index contributed by atoms with van der Waals surface area (Å²) in [5, 5.41) is 6.56. The first-order valence-electron chi connectivity index (χ1n) is 7.34. The monoisotopic (exact) mass is 338 g/mol. The Morgan fingerprint density at radius 3 is 3.00 bits per heavy atom. The lowest BCUT2D eigenvalue weighted by Crippen LogP contribution is -2.51. The third kappa shape index (κ3) is 4.32. The highest BCUT2D eigenvalue weighted by atomic mass is 79.9. The first-order chi connectivity index (χ1) is 9.56. The first-order valence-corrected chi connectivity index (χ1v) is 8.13. The number of nitrogens with one attached hydrogen (secondary N) is 2. The van der Waals surface area contributed by atoms with Crippen LogP contribution < -0.4 is 10.6 Å². The molecule has 0 saturated carbocycles. The van der Waals surface area contributed by atoms with Crippen molar-refractivity contribution >= 4 is 21.8 Å². The number of piperidine rings is 1. The maximum absolute atomic E-state index is 12.0. The van der Waals surface area contributed by atoms with E-state index < -0.39 is 0 Å². The second-order valence-electron chi connectivity index (χ2n) is 5.64. The fourth-order valence-corrected chi connectivity index (χ4v) is 2.89. The Balaban J connectivity index is 1.81. The lowest BCUT2D eigenvalue weighted by Gasteiger charge is -2.30. The third-order valence-electron chi connectivity index (χ3n) is 3.97. The quantitative estimate of drug-likeness (QED) is 0.886. The topological polar surface area (TPSA) is 41.1 Å². The summed E-state index contributed by atoms with van der Waals surface area (Å²) in [5.41, 5.74) is 2.43. The summed E-state index contributed by atoms with van der Waals surface area (Å²) >= 11 is 3.50. The van der Waals surface area contributed by atoms with Crippen LogP contribution in [0.4, 0.5) is 0 Å². The van der Waals surface area contributed by atoms with E-state index in [2.05, 4.69) is 58.6 Å². The second-order valence-corrected chi connectivity index (χ2v) is 6.50. The van der Waals surface area contributed by atoms with Gasteiger partial charge in [-0.1, -0.05) is 28.1 Å². The zero-order valence-electron chi connectivity index (χ0n) is 12.2. The van der Waals surface area contributed by atoms with Gasteiger partial charge in [0, 0.05) is 23.0 Å². The van der Waals surface area contributed by atoms with E-state index in [1.807, 2.05) is 0 Å². The highest BCUT2D eigenvalue weighted by Gasteiger charge is 2.21. The van der Waals surface area contributed by atoms with Gasteiger partial charge in [-0.05, 0) is 56.8 Å². The van der Waals surface area contributed by atoms with Crippen LogP contribution in [0.1, 0.15) is 37.3 Å². The van der Waals surface area contributed by atoms with Crippen LogP contribution in [0, 0.1) is 6.92 Å². The first kappa shape index (κ1) is 15.5. The van der Waals surface area contributed by atoms with Gasteiger partial charge in [-0.25, -0.2) is 0 Å². The Hall–Kier alpha value is -0.870. The summed E-state index contributed by atoms with van der Waals surface area (Å²) in [5.74, 6) is 0.158. The lowest BCUT2D eigenvalue weighted by atomic mass is 9.99. The Labute approximate surface area is 129 Å². The molecule has 2 N–H and O–H groups in total. The Morgan fingerprint density at radius 2 is 2.30 bits per heavy atom. The number of carbonyl (C=O) groups is 1. The van der Waals surface area contributed by atoms with Crippen molar-refractivity contribution in [1.29, 1.82) is 0 Å². The number of amides is 1. The Kier molecular flexibility index (Phi) is 5.61. The maximum Gasteiger partial charge on any atom is 0.220 e. The van der Waals surface area contributed by atoms with Gasteiger partial charge in [-0.3, -0.25) is 4.79 Å². The van der Waals surface area contributed by atoms with Crippen molar-refractivity contribution in [3.05, 3.63) is 33.8 Å². The van der Waals surface area contributed by atoms with Gasteiger partial charge in [-0.15, -0.1) is 0 Å². The standard InChI is InChI=1S/C16H23BrN2O/c1-11-10-13(5-7-14(11)17)6-8-16(20)19-15-4-3-9-18-12(15)2/h5,7,10,12,15,18H,3-4,6,8-9H2,1-2H3,(H,19,20). The van der Waals surface area contributed by atoms with E-state index in [1.165, 1.54) is 11.1 Å². The molecule has 2 unspecified atom stereocenters. The van der Waals surface area contributed by atoms with Gasteiger partial charge in [0.25, 0.3) is 0 Å². The summed E-state index contributed by atoms with van der Waals surface area (Å²) in [6.45, 7) is 5.27. The van der Waals surface area contributed by atoms with Gasteiger partial charge in [0.1, 0.15) is 0 Å². The van der Waals surface area contributed by atoms with Crippen molar-refractivity contribution in [1.82, 2.24) is 10.6 Å². The Morgan fingerprint density at radius 1 is 1.50 bits per heavy atom. The molecule has 1 amide bonds. The fourth-order valence-electron chi connectivity index (χ4n) is 2.64. The molecule has 0 spiro atoms. The largest absolute Gasteiger partial charge is 0.352 e. The van der Waals surface area contributed by atoms with Crippen molar-refractivity contribution in [3.8, 4) is 0 Å². The minimum Gasteiger partial charge on any atom is -0.352 e. The highest BCUT2D eigenvalue weighted by molar-refractivity contribution is 9.10. The van der Waals surface area contributed by atoms with Gasteiger partial charge in [0.2, 0.25) is 5.91 Å². The molecule has 1 saturated heterocycles. The van der Waals surface area contributed by atoms with E-state index in [0.717, 1.165) is 30.3 Å². The smallest absolute Gasteiger partial charge is 0.220 e. The van der Waals surface area contributed by atoms with Gasteiger partial charge in [-0.2, -0.15) is 0 Å². The zero-order chi connectivity index (χ0) is 14.5. The molecule has 1 aliphatic rings. The molecule has 1 aromatic rings. The van der Waals surface area contributed by atoms with Crippen LogP contribution in [0.25, 0.3) is 0 Å². The minimum atomic E-state index is 0.158. The molecule has 1 fully saturated rings. The van der Waals surface area contributed by atoms with E-state index in [4.69, 9.17) is 0 Å². The molecule has 1 heterocycles. The van der Waals surface area contributed by atoms with Gasteiger partial charge in [0.05, 0.1) is 0 Å². The average Bonchev–Trinajstić information content (AvgIpc) is 2.43. The van der Waals surface area contributed by atoms with Crippen molar-refractivity contribution in [2.24, 2.45) is 0 Å². The highest BCUT2D eigenvalue weighted by Crippen LogP contribution is 2.18. The molecule has 20 heavy (non-hydrogen) atoms. The molecule has 1 aromatic carbocycles. The van der Waals surface area contributed by atoms with Crippen molar-refractivity contribution in [2.45, 2.75) is 51.6 Å². The molecule has 0 aromatic heterocycles. The predicted molar refractivity (Wildman–Crippen MR) is 85.8 cm³/mol. The number of carbonyl (C=O) groups excluding carboxylic acids is 1. The van der Waals surface area contributed by atoms with Crippen LogP contribution in [-0.4, -0.2) is 24.5 Å². The molecule has 1 aliphatic heterocycles. The molecule has 0 radical (unpaired) electrons. The minimum absolute atomic E-state index is 0.158. The maximum atomic E-state index is 12.0. The fraction of sp³-hybridized carbons (Fsp3) is 0.562. The molecule has 2 atom stereocenters. The summed E-state index contributed by atoms with van der Waals surface area (Å²) in [4.78, 5) is 12.0. The van der Waals surface area contributed by atoms with E-state index in [9.17, 15) is 4.79 Å².